The van der Waals surface area contributed by atoms with Crippen molar-refractivity contribution in [2.75, 3.05) is 20.2 Å². The van der Waals surface area contributed by atoms with Crippen LogP contribution < -0.4 is 15.4 Å². The fourth-order valence-electron chi connectivity index (χ4n) is 4.72. The lowest BCUT2D eigenvalue weighted by Gasteiger charge is -2.13. The molecule has 4 heterocycles. The number of halogens is 1. The van der Waals surface area contributed by atoms with Crippen molar-refractivity contribution < 1.29 is 19.1 Å². The minimum Gasteiger partial charge on any atom is -0.481 e. The highest BCUT2D eigenvalue weighted by molar-refractivity contribution is 7.15. The van der Waals surface area contributed by atoms with Crippen LogP contribution in [0.25, 0.3) is 5.00 Å². The molecule has 0 spiro atoms. The summed E-state index contributed by atoms with van der Waals surface area (Å²) in [5.41, 5.74) is 4.07. The van der Waals surface area contributed by atoms with Gasteiger partial charge in [-0.2, -0.15) is 0 Å². The van der Waals surface area contributed by atoms with Gasteiger partial charge in [-0.3, -0.25) is 23.9 Å². The van der Waals surface area contributed by atoms with Crippen molar-refractivity contribution in [3.8, 4) is 10.9 Å². The van der Waals surface area contributed by atoms with Gasteiger partial charge in [-0.1, -0.05) is 23.7 Å². The van der Waals surface area contributed by atoms with Gasteiger partial charge in [-0.25, -0.2) is 4.98 Å². The summed E-state index contributed by atoms with van der Waals surface area (Å²) in [6.07, 6.45) is 3.71. The molecule has 0 fully saturated rings. The number of hydrogen-bond donors (Lipinski definition) is 2. The van der Waals surface area contributed by atoms with Crippen LogP contribution in [0.15, 0.2) is 59.7 Å². The number of aromatic nitrogens is 4. The molecular formula is C31H30ClN7O4S. The van der Waals surface area contributed by atoms with Gasteiger partial charge in [-0.15, -0.1) is 21.5 Å². The van der Waals surface area contributed by atoms with E-state index in [1.165, 1.54) is 19.4 Å². The van der Waals surface area contributed by atoms with Gasteiger partial charge >= 0.3 is 0 Å². The van der Waals surface area contributed by atoms with E-state index in [0.717, 1.165) is 38.4 Å². The SMILES string of the molecule is COc1ccc(C(=O)/C=C/C(=O)NCCNC(=O)C[C@@H]2N=C(c3ccc(Cl)cc3)c3c(sc(C)c3C)-n3c(C)nnc32)cn1. The lowest BCUT2D eigenvalue weighted by Crippen LogP contribution is -2.34. The van der Waals surface area contributed by atoms with Crippen LogP contribution in [0.5, 0.6) is 5.88 Å². The lowest BCUT2D eigenvalue weighted by molar-refractivity contribution is -0.122. The van der Waals surface area contributed by atoms with Gasteiger partial charge in [0.05, 0.1) is 19.2 Å². The monoisotopic (exact) mass is 631 g/mol. The number of methoxy groups -OCH3 is 1. The quantitative estimate of drug-likeness (QED) is 0.151. The molecule has 0 saturated carbocycles. The maximum atomic E-state index is 13.1. The van der Waals surface area contributed by atoms with Crippen LogP contribution in [-0.2, 0) is 9.59 Å². The van der Waals surface area contributed by atoms with Crippen molar-refractivity contribution in [3.63, 3.8) is 0 Å². The maximum absolute atomic E-state index is 13.1. The predicted molar refractivity (Wildman–Crippen MR) is 168 cm³/mol. The van der Waals surface area contributed by atoms with Crippen LogP contribution in [-0.4, -0.2) is 63.3 Å². The summed E-state index contributed by atoms with van der Waals surface area (Å²) >= 11 is 7.81. The standard InChI is InChI=1S/C31H30ClN7O4S/c1-17-18(2)44-31-28(17)29(20-5-8-22(32)9-6-20)36-23(30-38-37-19(3)39(30)31)15-26(42)34-14-13-33-25(41)11-10-24(40)21-7-12-27(43-4)35-16-21/h5-12,16,23H,13-15H2,1-4H3,(H,33,41)(H,34,42)/b11-10+/t23-/m0/s1. The number of nitrogens with one attached hydrogen (secondary N) is 2. The summed E-state index contributed by atoms with van der Waals surface area (Å²) < 4.78 is 6.96. The van der Waals surface area contributed by atoms with Crippen LogP contribution in [0.1, 0.15) is 56.0 Å². The number of rotatable bonds is 10. The van der Waals surface area contributed by atoms with Crippen molar-refractivity contribution in [2.24, 2.45) is 4.99 Å². The van der Waals surface area contributed by atoms with E-state index in [2.05, 4.69) is 39.7 Å². The Morgan fingerprint density at radius 3 is 2.48 bits per heavy atom. The van der Waals surface area contributed by atoms with Crippen LogP contribution >= 0.6 is 22.9 Å². The second-order valence-corrected chi connectivity index (χ2v) is 11.7. The molecule has 0 saturated heterocycles. The number of aryl methyl sites for hydroxylation is 2. The number of amides is 2. The zero-order chi connectivity index (χ0) is 31.4. The number of nitrogens with zero attached hydrogens (tertiary/aromatic N) is 5. The van der Waals surface area contributed by atoms with Crippen molar-refractivity contribution in [2.45, 2.75) is 33.2 Å². The molecule has 1 atom stereocenters. The van der Waals surface area contributed by atoms with Gasteiger partial charge in [-0.05, 0) is 50.6 Å². The molecule has 2 amide bonds. The number of benzene rings is 1. The lowest BCUT2D eigenvalue weighted by atomic mass is 9.99. The Hall–Kier alpha value is -4.68. The topological polar surface area (TPSA) is 140 Å². The number of carbonyl (C=O) groups excluding carboxylic acids is 3. The molecule has 0 aliphatic carbocycles. The molecule has 0 bridgehead atoms. The number of ether oxygens (including phenoxy) is 1. The molecule has 11 nitrogen and oxygen atoms in total. The fraction of sp³-hybridized carbons (Fsp3) is 0.258. The summed E-state index contributed by atoms with van der Waals surface area (Å²) in [5.74, 6) is 0.587. The third-order valence-corrected chi connectivity index (χ3v) is 8.54. The molecule has 44 heavy (non-hydrogen) atoms. The smallest absolute Gasteiger partial charge is 0.244 e. The molecule has 1 aromatic carbocycles. The van der Waals surface area contributed by atoms with Crippen molar-refractivity contribution in [1.82, 2.24) is 30.4 Å². The number of pyridine rings is 1. The third-order valence-electron chi connectivity index (χ3n) is 7.10. The second-order valence-electron chi connectivity index (χ2n) is 10.0. The molecule has 4 aromatic rings. The first-order valence-electron chi connectivity index (χ1n) is 13.8. The van der Waals surface area contributed by atoms with Gasteiger partial charge in [0.2, 0.25) is 17.7 Å². The van der Waals surface area contributed by atoms with Gasteiger partial charge in [0, 0.05) is 58.0 Å². The highest BCUT2D eigenvalue weighted by Crippen LogP contribution is 2.39. The number of hydrogen-bond acceptors (Lipinski definition) is 9. The number of thiophene rings is 1. The Morgan fingerprint density at radius 2 is 1.77 bits per heavy atom. The van der Waals surface area contributed by atoms with E-state index in [-0.39, 0.29) is 31.2 Å². The summed E-state index contributed by atoms with van der Waals surface area (Å²) in [7, 11) is 1.48. The molecule has 2 N–H and O–H groups in total. The van der Waals surface area contributed by atoms with Crippen LogP contribution in [0, 0.1) is 20.8 Å². The summed E-state index contributed by atoms with van der Waals surface area (Å²) in [6, 6.07) is 10.0. The number of allylic oxidation sites excluding steroid dienone is 1. The molecule has 5 rings (SSSR count). The zero-order valence-electron chi connectivity index (χ0n) is 24.6. The first-order chi connectivity index (χ1) is 21.2. The van der Waals surface area contributed by atoms with E-state index in [4.69, 9.17) is 21.3 Å². The van der Waals surface area contributed by atoms with Crippen LogP contribution in [0.4, 0.5) is 0 Å². The largest absolute Gasteiger partial charge is 0.481 e. The van der Waals surface area contributed by atoms with E-state index < -0.39 is 11.9 Å². The van der Waals surface area contributed by atoms with E-state index in [0.29, 0.717) is 28.1 Å². The Kier molecular flexibility index (Phi) is 9.31. The Morgan fingerprint density at radius 1 is 1.02 bits per heavy atom. The molecule has 0 unspecified atom stereocenters. The first kappa shape index (κ1) is 30.8. The molecule has 226 valence electrons. The molecule has 1 aliphatic rings. The van der Waals surface area contributed by atoms with E-state index in [1.54, 1.807) is 23.5 Å². The van der Waals surface area contributed by atoms with E-state index in [1.807, 2.05) is 35.8 Å². The average Bonchev–Trinajstić information content (AvgIpc) is 3.50. The first-order valence-corrected chi connectivity index (χ1v) is 15.0. The maximum Gasteiger partial charge on any atom is 0.244 e. The normalized spacial score (nSPS) is 13.9. The van der Waals surface area contributed by atoms with E-state index >= 15 is 0 Å². The van der Waals surface area contributed by atoms with Crippen LogP contribution in [0.3, 0.4) is 0 Å². The highest BCUT2D eigenvalue weighted by atomic mass is 35.5. The van der Waals surface area contributed by atoms with Crippen molar-refractivity contribution in [1.29, 1.82) is 0 Å². The van der Waals surface area contributed by atoms with Gasteiger partial charge in [0.15, 0.2) is 11.6 Å². The number of aliphatic imine (C=N–C) groups is 1. The summed E-state index contributed by atoms with van der Waals surface area (Å²) in [6.45, 7) is 6.38. The Labute approximate surface area is 263 Å². The van der Waals surface area contributed by atoms with Gasteiger partial charge in [0.1, 0.15) is 16.9 Å². The summed E-state index contributed by atoms with van der Waals surface area (Å²) in [4.78, 5) is 47.8. The predicted octanol–water partition coefficient (Wildman–Crippen LogP) is 4.26. The van der Waals surface area contributed by atoms with Gasteiger partial charge in [0.25, 0.3) is 0 Å². The molecule has 13 heteroatoms. The Balaban J connectivity index is 1.25. The van der Waals surface area contributed by atoms with Crippen molar-refractivity contribution >= 4 is 46.2 Å². The van der Waals surface area contributed by atoms with Crippen LogP contribution in [0.2, 0.25) is 5.02 Å². The van der Waals surface area contributed by atoms with Crippen molar-refractivity contribution in [3.05, 3.63) is 98.5 Å². The average molecular weight is 632 g/mol. The highest BCUT2D eigenvalue weighted by Gasteiger charge is 2.32. The zero-order valence-corrected chi connectivity index (χ0v) is 26.1. The number of fused-ring (bicyclic) bond motifs is 3. The minimum atomic E-state index is -0.600. The minimum absolute atomic E-state index is 0.0282. The molecule has 3 aromatic heterocycles. The number of carbonyl (C=O) groups is 3. The van der Waals surface area contributed by atoms with E-state index in [9.17, 15) is 14.4 Å². The molecule has 1 aliphatic heterocycles. The third kappa shape index (κ3) is 6.61. The Bertz CT molecular complexity index is 1780. The molecule has 0 radical (unpaired) electrons. The molecular weight excluding hydrogens is 602 g/mol. The summed E-state index contributed by atoms with van der Waals surface area (Å²) in [5, 5.41) is 15.8. The fourth-order valence-corrected chi connectivity index (χ4v) is 6.06. The number of ketones is 1. The van der Waals surface area contributed by atoms with Gasteiger partial charge < -0.3 is 15.4 Å². The second kappa shape index (κ2) is 13.3.